The summed E-state index contributed by atoms with van der Waals surface area (Å²) in [6.45, 7) is 1.97. The normalized spacial score (nSPS) is 14.3. The molecule has 3 aromatic rings. The number of thiophene rings is 1. The van der Waals surface area contributed by atoms with Crippen molar-refractivity contribution < 1.29 is 9.21 Å². The van der Waals surface area contributed by atoms with Crippen molar-refractivity contribution in [1.82, 2.24) is 4.90 Å². The monoisotopic (exact) mass is 337 g/mol. The highest BCUT2D eigenvalue weighted by Crippen LogP contribution is 2.30. The van der Waals surface area contributed by atoms with Gasteiger partial charge in [0.05, 0.1) is 6.54 Å². The molecule has 2 aromatic heterocycles. The van der Waals surface area contributed by atoms with Crippen LogP contribution in [-0.2, 0) is 17.8 Å². The molecular weight excluding hydrogens is 322 g/mol. The molecular formula is C18H15N3O2S. The van der Waals surface area contributed by atoms with Crippen LogP contribution in [0.3, 0.4) is 0 Å². The van der Waals surface area contributed by atoms with Crippen LogP contribution >= 0.6 is 11.3 Å². The quantitative estimate of drug-likeness (QED) is 0.795. The fraction of sp³-hybridized carbons (Fsp3) is 0.222. The van der Waals surface area contributed by atoms with Gasteiger partial charge in [0.2, 0.25) is 11.7 Å². The summed E-state index contributed by atoms with van der Waals surface area (Å²) in [5.41, 5.74) is 2.38. The zero-order valence-corrected chi connectivity index (χ0v) is 13.7. The summed E-state index contributed by atoms with van der Waals surface area (Å²) in [6.07, 6.45) is 0.984. The van der Waals surface area contributed by atoms with Crippen LogP contribution in [0.15, 0.2) is 40.1 Å². The SMILES string of the molecule is N#Cc1oc2ccccc2c1NC(=O)CN1CCc2sccc2C1. The number of benzene rings is 1. The van der Waals surface area contributed by atoms with Gasteiger partial charge in [0.25, 0.3) is 0 Å². The Kier molecular flexibility index (Phi) is 3.81. The summed E-state index contributed by atoms with van der Waals surface area (Å²) in [6, 6.07) is 11.5. The summed E-state index contributed by atoms with van der Waals surface area (Å²) >= 11 is 1.78. The summed E-state index contributed by atoms with van der Waals surface area (Å²) < 4.78 is 5.49. The average Bonchev–Trinajstić information content (AvgIpc) is 3.19. The van der Waals surface area contributed by atoms with Crippen molar-refractivity contribution in [2.24, 2.45) is 0 Å². The number of nitrogens with one attached hydrogen (secondary N) is 1. The van der Waals surface area contributed by atoms with E-state index >= 15 is 0 Å². The van der Waals surface area contributed by atoms with Crippen LogP contribution in [0.5, 0.6) is 0 Å². The number of hydrogen-bond donors (Lipinski definition) is 1. The molecule has 0 spiro atoms. The van der Waals surface area contributed by atoms with Crippen LogP contribution in [0, 0.1) is 11.3 Å². The van der Waals surface area contributed by atoms with Gasteiger partial charge in [-0.2, -0.15) is 5.26 Å². The lowest BCUT2D eigenvalue weighted by molar-refractivity contribution is -0.117. The Hall–Kier alpha value is -2.62. The molecule has 1 aliphatic heterocycles. The largest absolute Gasteiger partial charge is 0.443 e. The van der Waals surface area contributed by atoms with Gasteiger partial charge in [-0.1, -0.05) is 12.1 Å². The zero-order valence-electron chi connectivity index (χ0n) is 12.9. The van der Waals surface area contributed by atoms with Crippen molar-refractivity contribution in [3.63, 3.8) is 0 Å². The maximum absolute atomic E-state index is 12.4. The maximum Gasteiger partial charge on any atom is 0.238 e. The van der Waals surface area contributed by atoms with Gasteiger partial charge in [0, 0.05) is 23.4 Å². The second-order valence-corrected chi connectivity index (χ2v) is 6.79. The van der Waals surface area contributed by atoms with Gasteiger partial charge in [-0.3, -0.25) is 9.69 Å². The summed E-state index contributed by atoms with van der Waals surface area (Å²) in [7, 11) is 0. The maximum atomic E-state index is 12.4. The molecule has 3 heterocycles. The first kappa shape index (κ1) is 14.9. The lowest BCUT2D eigenvalue weighted by Gasteiger charge is -2.26. The van der Waals surface area contributed by atoms with Gasteiger partial charge >= 0.3 is 0 Å². The van der Waals surface area contributed by atoms with Crippen molar-refractivity contribution in [3.05, 3.63) is 51.9 Å². The fourth-order valence-electron chi connectivity index (χ4n) is 3.07. The molecule has 6 heteroatoms. The Morgan fingerprint density at radius 3 is 3.12 bits per heavy atom. The first-order chi connectivity index (χ1) is 11.7. The van der Waals surface area contributed by atoms with E-state index in [9.17, 15) is 10.1 Å². The Bertz CT molecular complexity index is 951. The van der Waals surface area contributed by atoms with Gasteiger partial charge in [-0.15, -0.1) is 11.3 Å². The fourth-order valence-corrected chi connectivity index (χ4v) is 3.96. The van der Waals surface area contributed by atoms with Crippen molar-refractivity contribution in [2.75, 3.05) is 18.4 Å². The average molecular weight is 337 g/mol. The molecule has 120 valence electrons. The minimum atomic E-state index is -0.128. The summed E-state index contributed by atoms with van der Waals surface area (Å²) in [4.78, 5) is 16.0. The number of nitriles is 1. The molecule has 1 aromatic carbocycles. The second-order valence-electron chi connectivity index (χ2n) is 5.79. The molecule has 0 bridgehead atoms. The smallest absolute Gasteiger partial charge is 0.238 e. The van der Waals surface area contributed by atoms with Gasteiger partial charge in [0.1, 0.15) is 17.3 Å². The summed E-state index contributed by atoms with van der Waals surface area (Å²) in [5.74, 6) is 0.0139. The third-order valence-electron chi connectivity index (χ3n) is 4.22. The number of furan rings is 1. The molecule has 0 atom stereocenters. The number of rotatable bonds is 3. The third-order valence-corrected chi connectivity index (χ3v) is 5.24. The van der Waals surface area contributed by atoms with E-state index in [1.54, 1.807) is 17.4 Å². The molecule has 4 rings (SSSR count). The summed E-state index contributed by atoms with van der Waals surface area (Å²) in [5, 5.41) is 14.9. The van der Waals surface area contributed by atoms with E-state index < -0.39 is 0 Å². The van der Waals surface area contributed by atoms with Crippen LogP contribution in [0.1, 0.15) is 16.2 Å². The van der Waals surface area contributed by atoms with Gasteiger partial charge in [0.15, 0.2) is 0 Å². The van der Waals surface area contributed by atoms with Crippen molar-refractivity contribution >= 4 is 33.9 Å². The van der Waals surface area contributed by atoms with E-state index in [1.807, 2.05) is 24.3 Å². The van der Waals surface area contributed by atoms with Crippen molar-refractivity contribution in [1.29, 1.82) is 5.26 Å². The predicted molar refractivity (Wildman–Crippen MR) is 92.9 cm³/mol. The minimum absolute atomic E-state index is 0.128. The number of fused-ring (bicyclic) bond motifs is 2. The molecule has 24 heavy (non-hydrogen) atoms. The molecule has 0 saturated heterocycles. The Morgan fingerprint density at radius 2 is 2.25 bits per heavy atom. The van der Waals surface area contributed by atoms with Crippen LogP contribution in [0.4, 0.5) is 5.69 Å². The number of carbonyl (C=O) groups excluding carboxylic acids is 1. The number of hydrogen-bond acceptors (Lipinski definition) is 5. The first-order valence-electron chi connectivity index (χ1n) is 7.73. The van der Waals surface area contributed by atoms with Gasteiger partial charge in [-0.05, 0) is 35.6 Å². The minimum Gasteiger partial charge on any atom is -0.443 e. The highest BCUT2D eigenvalue weighted by molar-refractivity contribution is 7.10. The topological polar surface area (TPSA) is 69.3 Å². The van der Waals surface area contributed by atoms with E-state index in [1.165, 1.54) is 10.4 Å². The number of amides is 1. The van der Waals surface area contributed by atoms with Crippen LogP contribution in [-0.4, -0.2) is 23.9 Å². The van der Waals surface area contributed by atoms with Crippen LogP contribution < -0.4 is 5.32 Å². The second kappa shape index (κ2) is 6.11. The lowest BCUT2D eigenvalue weighted by Crippen LogP contribution is -2.36. The Balaban J connectivity index is 1.50. The lowest BCUT2D eigenvalue weighted by atomic mass is 10.1. The zero-order chi connectivity index (χ0) is 16.5. The number of carbonyl (C=O) groups is 1. The van der Waals surface area contributed by atoms with Crippen molar-refractivity contribution in [3.8, 4) is 6.07 Å². The predicted octanol–water partition coefficient (Wildman–Crippen LogP) is 3.36. The highest BCUT2D eigenvalue weighted by atomic mass is 32.1. The molecule has 1 N–H and O–H groups in total. The number of para-hydroxylation sites is 1. The Morgan fingerprint density at radius 1 is 1.38 bits per heavy atom. The highest BCUT2D eigenvalue weighted by Gasteiger charge is 2.21. The van der Waals surface area contributed by atoms with E-state index in [0.717, 1.165) is 24.9 Å². The van der Waals surface area contributed by atoms with E-state index in [2.05, 4.69) is 21.7 Å². The van der Waals surface area contributed by atoms with E-state index in [-0.39, 0.29) is 11.7 Å². The molecule has 0 fully saturated rings. The Labute approximate surface area is 143 Å². The van der Waals surface area contributed by atoms with Crippen LogP contribution in [0.2, 0.25) is 0 Å². The van der Waals surface area contributed by atoms with Gasteiger partial charge < -0.3 is 9.73 Å². The number of anilines is 1. The molecule has 0 aliphatic carbocycles. The molecule has 1 amide bonds. The third kappa shape index (κ3) is 2.68. The molecule has 0 unspecified atom stereocenters. The first-order valence-corrected chi connectivity index (χ1v) is 8.61. The molecule has 1 aliphatic rings. The van der Waals surface area contributed by atoms with Gasteiger partial charge in [-0.25, -0.2) is 0 Å². The molecule has 0 saturated carbocycles. The van der Waals surface area contributed by atoms with Crippen molar-refractivity contribution in [2.45, 2.75) is 13.0 Å². The van der Waals surface area contributed by atoms with Crippen LogP contribution in [0.25, 0.3) is 11.0 Å². The molecule has 5 nitrogen and oxygen atoms in total. The standard InChI is InChI=1S/C18H15N3O2S/c19-9-15-18(13-3-1-2-4-14(13)23-15)20-17(22)11-21-7-5-16-12(10-21)6-8-24-16/h1-4,6,8H,5,7,10-11H2,(H,20,22). The molecule has 0 radical (unpaired) electrons. The number of nitrogens with zero attached hydrogens (tertiary/aromatic N) is 2. The van der Waals surface area contributed by atoms with E-state index in [0.29, 0.717) is 17.8 Å². The van der Waals surface area contributed by atoms with E-state index in [4.69, 9.17) is 4.42 Å².